The molecule has 0 aliphatic carbocycles. The second-order valence-corrected chi connectivity index (χ2v) is 8.68. The maximum atomic E-state index is 12.6. The van der Waals surface area contributed by atoms with Crippen LogP contribution in [0.4, 0.5) is 0 Å². The maximum absolute atomic E-state index is 12.6. The van der Waals surface area contributed by atoms with Gasteiger partial charge in [-0.2, -0.15) is 5.10 Å². The van der Waals surface area contributed by atoms with Crippen molar-refractivity contribution in [3.63, 3.8) is 0 Å². The number of nitrogens with zero attached hydrogens (tertiary/aromatic N) is 2. The Morgan fingerprint density at radius 3 is 2.50 bits per heavy atom. The topological polar surface area (TPSA) is 107 Å². The monoisotopic (exact) mass is 462 g/mol. The number of aryl methyl sites for hydroxylation is 1. The number of benzene rings is 2. The molecule has 1 heterocycles. The Morgan fingerprint density at radius 2 is 1.86 bits per heavy atom. The van der Waals surface area contributed by atoms with Crippen LogP contribution in [-0.4, -0.2) is 24.1 Å². The van der Waals surface area contributed by atoms with Crippen molar-refractivity contribution in [2.24, 2.45) is 5.14 Å². The summed E-state index contributed by atoms with van der Waals surface area (Å²) in [4.78, 5) is 12.5. The van der Waals surface area contributed by atoms with Crippen molar-refractivity contribution in [1.82, 2.24) is 15.1 Å². The summed E-state index contributed by atoms with van der Waals surface area (Å²) < 4.78 is 25.4. The first-order chi connectivity index (χ1) is 13.2. The molecule has 0 bridgehead atoms. The van der Waals surface area contributed by atoms with Crippen molar-refractivity contribution in [3.8, 4) is 5.69 Å². The van der Waals surface area contributed by atoms with E-state index in [1.807, 2.05) is 48.9 Å². The van der Waals surface area contributed by atoms with E-state index in [1.165, 1.54) is 18.2 Å². The van der Waals surface area contributed by atoms with E-state index in [0.717, 1.165) is 22.6 Å². The van der Waals surface area contributed by atoms with E-state index in [1.54, 1.807) is 0 Å². The van der Waals surface area contributed by atoms with Crippen molar-refractivity contribution in [1.29, 1.82) is 0 Å². The third-order valence-corrected chi connectivity index (χ3v) is 5.98. The summed E-state index contributed by atoms with van der Waals surface area (Å²) in [5.41, 5.74) is 3.75. The Bertz CT molecular complexity index is 1140. The number of amides is 1. The zero-order chi connectivity index (χ0) is 20.5. The Labute approximate surface area is 171 Å². The van der Waals surface area contributed by atoms with Gasteiger partial charge in [0.25, 0.3) is 5.91 Å². The van der Waals surface area contributed by atoms with E-state index >= 15 is 0 Å². The molecule has 28 heavy (non-hydrogen) atoms. The fraction of sp³-hybridized carbons (Fsp3) is 0.158. The third kappa shape index (κ3) is 4.16. The molecule has 3 N–H and O–H groups in total. The van der Waals surface area contributed by atoms with Gasteiger partial charge in [0.1, 0.15) is 0 Å². The van der Waals surface area contributed by atoms with Crippen LogP contribution in [0.3, 0.4) is 0 Å². The Kier molecular flexibility index (Phi) is 5.69. The summed E-state index contributed by atoms with van der Waals surface area (Å²) in [7, 11) is -3.90. The summed E-state index contributed by atoms with van der Waals surface area (Å²) >= 11 is 3.27. The van der Waals surface area contributed by atoms with Crippen LogP contribution in [0.1, 0.15) is 27.3 Å². The molecule has 0 unspecified atom stereocenters. The molecule has 0 saturated heterocycles. The number of carbonyl (C=O) groups is 1. The van der Waals surface area contributed by atoms with Crippen LogP contribution in [-0.2, 0) is 16.6 Å². The Morgan fingerprint density at radius 1 is 1.18 bits per heavy atom. The number of aromatic nitrogens is 2. The molecule has 0 atom stereocenters. The van der Waals surface area contributed by atoms with E-state index in [4.69, 9.17) is 5.14 Å². The maximum Gasteiger partial charge on any atom is 0.252 e. The summed E-state index contributed by atoms with van der Waals surface area (Å²) in [5.74, 6) is -0.413. The van der Waals surface area contributed by atoms with Gasteiger partial charge in [-0.15, -0.1) is 0 Å². The van der Waals surface area contributed by atoms with Crippen molar-refractivity contribution >= 4 is 31.9 Å². The van der Waals surface area contributed by atoms with Crippen LogP contribution in [0, 0.1) is 13.8 Å². The molecule has 0 saturated carbocycles. The summed E-state index contributed by atoms with van der Waals surface area (Å²) in [6.07, 6.45) is 0. The molecule has 0 spiro atoms. The highest BCUT2D eigenvalue weighted by Crippen LogP contribution is 2.21. The third-order valence-electron chi connectivity index (χ3n) is 4.38. The Hall–Kier alpha value is -2.49. The van der Waals surface area contributed by atoms with Crippen LogP contribution in [0.2, 0.25) is 0 Å². The lowest BCUT2D eigenvalue weighted by Crippen LogP contribution is -2.24. The number of hydrogen-bond donors (Lipinski definition) is 2. The summed E-state index contributed by atoms with van der Waals surface area (Å²) in [5, 5.41) is 12.5. The van der Waals surface area contributed by atoms with Crippen LogP contribution in [0.15, 0.2) is 57.9 Å². The molecule has 3 rings (SSSR count). The minimum absolute atomic E-state index is 0.120. The number of nitrogens with two attached hydrogens (primary N) is 1. The number of rotatable bonds is 5. The predicted molar refractivity (Wildman–Crippen MR) is 110 cm³/mol. The first-order valence-electron chi connectivity index (χ1n) is 8.39. The largest absolute Gasteiger partial charge is 0.348 e. The van der Waals surface area contributed by atoms with Gasteiger partial charge in [-0.25, -0.2) is 18.2 Å². The minimum atomic E-state index is -3.90. The smallest absolute Gasteiger partial charge is 0.252 e. The first-order valence-corrected chi connectivity index (χ1v) is 10.7. The molecule has 146 valence electrons. The highest BCUT2D eigenvalue weighted by atomic mass is 79.9. The van der Waals surface area contributed by atoms with Gasteiger partial charge < -0.3 is 5.32 Å². The lowest BCUT2D eigenvalue weighted by Gasteiger charge is -2.09. The van der Waals surface area contributed by atoms with Gasteiger partial charge in [-0.3, -0.25) is 4.79 Å². The number of sulfonamides is 1. The molecule has 7 nitrogen and oxygen atoms in total. The minimum Gasteiger partial charge on any atom is -0.348 e. The number of primary sulfonamides is 1. The number of nitrogens with one attached hydrogen (secondary N) is 1. The average molecular weight is 463 g/mol. The van der Waals surface area contributed by atoms with Gasteiger partial charge in [-0.1, -0.05) is 18.2 Å². The number of hydrogen-bond acceptors (Lipinski definition) is 4. The molecule has 0 aliphatic heterocycles. The molecule has 0 radical (unpaired) electrons. The van der Waals surface area contributed by atoms with Gasteiger partial charge in [0.05, 0.1) is 21.8 Å². The summed E-state index contributed by atoms with van der Waals surface area (Å²) in [6, 6.07) is 13.8. The number of carbonyl (C=O) groups excluding carboxylic acids is 1. The molecule has 1 aromatic heterocycles. The summed E-state index contributed by atoms with van der Waals surface area (Å²) in [6.45, 7) is 4.08. The van der Waals surface area contributed by atoms with Crippen molar-refractivity contribution in [3.05, 3.63) is 75.5 Å². The first kappa shape index (κ1) is 20.2. The molecular formula is C19H19BrN4O3S. The fourth-order valence-electron chi connectivity index (χ4n) is 2.87. The quantitative estimate of drug-likeness (QED) is 0.607. The van der Waals surface area contributed by atoms with Crippen molar-refractivity contribution in [2.45, 2.75) is 25.3 Å². The lowest BCUT2D eigenvalue weighted by molar-refractivity contribution is 0.0950. The Balaban J connectivity index is 1.84. The molecule has 0 fully saturated rings. The molecule has 1 amide bonds. The molecule has 0 aliphatic rings. The van der Waals surface area contributed by atoms with E-state index in [2.05, 4.69) is 26.3 Å². The van der Waals surface area contributed by atoms with Gasteiger partial charge >= 0.3 is 0 Å². The van der Waals surface area contributed by atoms with Crippen LogP contribution >= 0.6 is 15.9 Å². The molecule has 2 aromatic carbocycles. The highest BCUT2D eigenvalue weighted by Gasteiger charge is 2.18. The molecular weight excluding hydrogens is 444 g/mol. The van der Waals surface area contributed by atoms with Crippen LogP contribution < -0.4 is 10.5 Å². The van der Waals surface area contributed by atoms with E-state index in [-0.39, 0.29) is 17.0 Å². The fourth-order valence-corrected chi connectivity index (χ4v) is 3.84. The van der Waals surface area contributed by atoms with Crippen LogP contribution in [0.5, 0.6) is 0 Å². The van der Waals surface area contributed by atoms with Gasteiger partial charge in [0, 0.05) is 22.3 Å². The second-order valence-electron chi connectivity index (χ2n) is 6.27. The van der Waals surface area contributed by atoms with E-state index in [9.17, 15) is 13.2 Å². The van der Waals surface area contributed by atoms with Crippen molar-refractivity contribution in [2.75, 3.05) is 0 Å². The van der Waals surface area contributed by atoms with Crippen LogP contribution in [0.25, 0.3) is 5.69 Å². The second kappa shape index (κ2) is 7.86. The average Bonchev–Trinajstić information content (AvgIpc) is 2.94. The number of halogens is 1. The lowest BCUT2D eigenvalue weighted by atomic mass is 10.1. The van der Waals surface area contributed by atoms with Gasteiger partial charge in [-0.05, 0) is 60.1 Å². The van der Waals surface area contributed by atoms with Gasteiger partial charge in [0.2, 0.25) is 10.0 Å². The molecule has 3 aromatic rings. The zero-order valence-corrected chi connectivity index (χ0v) is 17.7. The highest BCUT2D eigenvalue weighted by molar-refractivity contribution is 9.10. The number of para-hydroxylation sites is 1. The van der Waals surface area contributed by atoms with E-state index < -0.39 is 15.9 Å². The van der Waals surface area contributed by atoms with E-state index in [0.29, 0.717) is 4.47 Å². The molecule has 9 heteroatoms. The van der Waals surface area contributed by atoms with Gasteiger partial charge in [0.15, 0.2) is 0 Å². The SMILES string of the molecule is Cc1nn(-c2ccccc2)c(C)c1CNC(=O)c1cc(S(N)(=O)=O)ccc1Br. The predicted octanol–water partition coefficient (Wildman–Crippen LogP) is 2.83. The van der Waals surface area contributed by atoms with Crippen molar-refractivity contribution < 1.29 is 13.2 Å². The standard InChI is InChI=1S/C19H19BrN4O3S/c1-12-17(13(2)24(23-12)14-6-4-3-5-7-14)11-22-19(25)16-10-15(28(21,26)27)8-9-18(16)20/h3-10H,11H2,1-2H3,(H,22,25)(H2,21,26,27). The normalized spacial score (nSPS) is 11.4. The zero-order valence-electron chi connectivity index (χ0n) is 15.3.